The molecule has 2 fully saturated rings. The molecule has 0 aromatic heterocycles. The minimum Gasteiger partial charge on any atom is -0.481 e. The van der Waals surface area contributed by atoms with Crippen LogP contribution in [-0.4, -0.2) is 35.0 Å². The Balaban J connectivity index is 1.94. The monoisotopic (exact) mass is 239 g/mol. The maximum Gasteiger partial charge on any atom is 0.306 e. The highest BCUT2D eigenvalue weighted by Gasteiger charge is 2.52. The van der Waals surface area contributed by atoms with Crippen LogP contribution in [0.15, 0.2) is 0 Å². The van der Waals surface area contributed by atoms with E-state index in [4.69, 9.17) is 5.11 Å². The van der Waals surface area contributed by atoms with E-state index in [1.165, 1.54) is 0 Å². The molecule has 1 saturated carbocycles. The number of carboxylic acids is 1. The standard InChI is InChI=1S/C13H21NO3/c1-8-7-14(5-4-9(8)12(16)17)11(15)10-6-13(10,2)3/h8-10H,4-7H2,1-3H3,(H,16,17)/t8?,9?,10-/m1/s1. The molecule has 17 heavy (non-hydrogen) atoms. The van der Waals surface area contributed by atoms with Crippen LogP contribution in [0, 0.1) is 23.2 Å². The smallest absolute Gasteiger partial charge is 0.306 e. The Hall–Kier alpha value is -1.06. The number of carboxylic acid groups (broad SMARTS) is 1. The predicted molar refractivity (Wildman–Crippen MR) is 63.4 cm³/mol. The molecule has 1 N–H and O–H groups in total. The lowest BCUT2D eigenvalue weighted by Gasteiger charge is -2.35. The zero-order chi connectivity index (χ0) is 12.8. The third-order valence-corrected chi connectivity index (χ3v) is 4.35. The topological polar surface area (TPSA) is 57.6 Å². The number of likely N-dealkylation sites (tertiary alicyclic amines) is 1. The molecule has 0 aromatic carbocycles. The van der Waals surface area contributed by atoms with E-state index in [0.29, 0.717) is 19.5 Å². The number of amides is 1. The van der Waals surface area contributed by atoms with E-state index in [9.17, 15) is 9.59 Å². The molecule has 1 aliphatic heterocycles. The first-order valence-electron chi connectivity index (χ1n) is 6.34. The maximum absolute atomic E-state index is 12.2. The zero-order valence-electron chi connectivity index (χ0n) is 10.8. The van der Waals surface area contributed by atoms with E-state index in [-0.39, 0.29) is 29.1 Å². The van der Waals surface area contributed by atoms with Gasteiger partial charge in [-0.15, -0.1) is 0 Å². The molecule has 1 saturated heterocycles. The van der Waals surface area contributed by atoms with E-state index in [1.807, 2.05) is 11.8 Å². The summed E-state index contributed by atoms with van der Waals surface area (Å²) in [5.41, 5.74) is 0.157. The zero-order valence-corrected chi connectivity index (χ0v) is 10.8. The van der Waals surface area contributed by atoms with Crippen LogP contribution in [0.4, 0.5) is 0 Å². The van der Waals surface area contributed by atoms with Crippen LogP contribution in [-0.2, 0) is 9.59 Å². The third kappa shape index (κ3) is 2.31. The number of piperidine rings is 1. The lowest BCUT2D eigenvalue weighted by molar-refractivity contribution is -0.148. The number of hydrogen-bond donors (Lipinski definition) is 1. The Morgan fingerprint density at radius 2 is 1.94 bits per heavy atom. The van der Waals surface area contributed by atoms with Gasteiger partial charge < -0.3 is 10.0 Å². The van der Waals surface area contributed by atoms with Crippen LogP contribution >= 0.6 is 0 Å². The predicted octanol–water partition coefficient (Wildman–Crippen LogP) is 1.60. The summed E-state index contributed by atoms with van der Waals surface area (Å²) >= 11 is 0. The van der Waals surface area contributed by atoms with Crippen molar-refractivity contribution in [3.05, 3.63) is 0 Å². The van der Waals surface area contributed by atoms with Gasteiger partial charge in [0.2, 0.25) is 5.91 Å². The number of nitrogens with zero attached hydrogens (tertiary/aromatic N) is 1. The van der Waals surface area contributed by atoms with Gasteiger partial charge in [-0.05, 0) is 24.2 Å². The van der Waals surface area contributed by atoms with Crippen molar-refractivity contribution in [2.45, 2.75) is 33.6 Å². The Morgan fingerprint density at radius 3 is 2.35 bits per heavy atom. The van der Waals surface area contributed by atoms with Crippen molar-refractivity contribution in [2.24, 2.45) is 23.2 Å². The number of carbonyl (C=O) groups excluding carboxylic acids is 1. The molecule has 0 bridgehead atoms. The summed E-state index contributed by atoms with van der Waals surface area (Å²) in [4.78, 5) is 25.0. The minimum absolute atomic E-state index is 0.0621. The van der Waals surface area contributed by atoms with Crippen molar-refractivity contribution in [3.63, 3.8) is 0 Å². The van der Waals surface area contributed by atoms with E-state index < -0.39 is 5.97 Å². The van der Waals surface area contributed by atoms with Gasteiger partial charge in [0.15, 0.2) is 0 Å². The molecule has 2 unspecified atom stereocenters. The summed E-state index contributed by atoms with van der Waals surface area (Å²) in [7, 11) is 0. The van der Waals surface area contributed by atoms with Crippen molar-refractivity contribution in [1.82, 2.24) is 4.90 Å². The molecular weight excluding hydrogens is 218 g/mol. The fourth-order valence-corrected chi connectivity index (χ4v) is 2.82. The Bertz CT molecular complexity index is 351. The summed E-state index contributed by atoms with van der Waals surface area (Å²) in [6.45, 7) is 7.36. The van der Waals surface area contributed by atoms with Crippen molar-refractivity contribution >= 4 is 11.9 Å². The summed E-state index contributed by atoms with van der Waals surface area (Å²) in [5.74, 6) is -0.559. The summed E-state index contributed by atoms with van der Waals surface area (Å²) in [6.07, 6.45) is 1.56. The highest BCUT2D eigenvalue weighted by molar-refractivity contribution is 5.83. The lowest BCUT2D eigenvalue weighted by Crippen LogP contribution is -2.45. The van der Waals surface area contributed by atoms with Gasteiger partial charge >= 0.3 is 5.97 Å². The second-order valence-electron chi connectivity index (χ2n) is 6.24. The molecule has 0 aromatic rings. The maximum atomic E-state index is 12.2. The van der Waals surface area contributed by atoms with Crippen LogP contribution < -0.4 is 0 Å². The number of carbonyl (C=O) groups is 2. The highest BCUT2D eigenvalue weighted by atomic mass is 16.4. The van der Waals surface area contributed by atoms with Crippen LogP contribution in [0.1, 0.15) is 33.6 Å². The first-order chi connectivity index (χ1) is 7.83. The molecule has 0 radical (unpaired) electrons. The van der Waals surface area contributed by atoms with E-state index in [0.717, 1.165) is 6.42 Å². The molecule has 96 valence electrons. The first kappa shape index (κ1) is 12.4. The average molecular weight is 239 g/mol. The molecule has 4 nitrogen and oxygen atoms in total. The van der Waals surface area contributed by atoms with Gasteiger partial charge in [-0.3, -0.25) is 9.59 Å². The van der Waals surface area contributed by atoms with Crippen LogP contribution in [0.25, 0.3) is 0 Å². The van der Waals surface area contributed by atoms with Gasteiger partial charge in [-0.25, -0.2) is 0 Å². The number of rotatable bonds is 2. The molecule has 2 aliphatic rings. The number of aliphatic carboxylic acids is 1. The normalized spacial score (nSPS) is 35.5. The molecular formula is C13H21NO3. The molecule has 1 amide bonds. The molecule has 0 spiro atoms. The van der Waals surface area contributed by atoms with Gasteiger partial charge in [0.05, 0.1) is 5.92 Å². The Kier molecular flexibility index (Phi) is 2.92. The summed E-state index contributed by atoms with van der Waals surface area (Å²) in [6, 6.07) is 0. The fraction of sp³-hybridized carbons (Fsp3) is 0.846. The second-order valence-corrected chi connectivity index (χ2v) is 6.24. The van der Waals surface area contributed by atoms with Gasteiger partial charge in [0.25, 0.3) is 0 Å². The van der Waals surface area contributed by atoms with Crippen LogP contribution in [0.5, 0.6) is 0 Å². The summed E-state index contributed by atoms with van der Waals surface area (Å²) in [5, 5.41) is 9.03. The van der Waals surface area contributed by atoms with Crippen molar-refractivity contribution in [1.29, 1.82) is 0 Å². The van der Waals surface area contributed by atoms with Gasteiger partial charge in [-0.1, -0.05) is 20.8 Å². The van der Waals surface area contributed by atoms with E-state index >= 15 is 0 Å². The van der Waals surface area contributed by atoms with Crippen molar-refractivity contribution in [2.75, 3.05) is 13.1 Å². The molecule has 4 heteroatoms. The van der Waals surface area contributed by atoms with E-state index in [1.54, 1.807) is 0 Å². The first-order valence-corrected chi connectivity index (χ1v) is 6.34. The van der Waals surface area contributed by atoms with Crippen LogP contribution in [0.3, 0.4) is 0 Å². The molecule has 1 aliphatic carbocycles. The van der Waals surface area contributed by atoms with E-state index in [2.05, 4.69) is 13.8 Å². The largest absolute Gasteiger partial charge is 0.481 e. The highest BCUT2D eigenvalue weighted by Crippen LogP contribution is 2.52. The summed E-state index contributed by atoms with van der Waals surface area (Å²) < 4.78 is 0. The van der Waals surface area contributed by atoms with Crippen molar-refractivity contribution in [3.8, 4) is 0 Å². The second kappa shape index (κ2) is 4.00. The van der Waals surface area contributed by atoms with Crippen molar-refractivity contribution < 1.29 is 14.7 Å². The van der Waals surface area contributed by atoms with Gasteiger partial charge in [0.1, 0.15) is 0 Å². The number of hydrogen-bond acceptors (Lipinski definition) is 2. The van der Waals surface area contributed by atoms with Gasteiger partial charge in [-0.2, -0.15) is 0 Å². The Labute approximate surface area is 102 Å². The quantitative estimate of drug-likeness (QED) is 0.796. The fourth-order valence-electron chi connectivity index (χ4n) is 2.82. The lowest BCUT2D eigenvalue weighted by atomic mass is 9.87. The minimum atomic E-state index is -0.726. The molecule has 3 atom stereocenters. The Morgan fingerprint density at radius 1 is 1.35 bits per heavy atom. The SMILES string of the molecule is CC1CN(C(=O)[C@H]2CC2(C)C)CCC1C(=O)O. The third-order valence-electron chi connectivity index (χ3n) is 4.35. The average Bonchev–Trinajstić information content (AvgIpc) is 2.86. The van der Waals surface area contributed by atoms with Crippen LogP contribution in [0.2, 0.25) is 0 Å². The van der Waals surface area contributed by atoms with Gasteiger partial charge in [0, 0.05) is 19.0 Å². The molecule has 1 heterocycles. The molecule has 2 rings (SSSR count).